The van der Waals surface area contributed by atoms with Gasteiger partial charge >= 0.3 is 10.1 Å². The lowest BCUT2D eigenvalue weighted by molar-refractivity contribution is -0.387. The number of para-hydroxylation sites is 2. The monoisotopic (exact) mass is 512 g/mol. The molecule has 1 heterocycles. The zero-order valence-electron chi connectivity index (χ0n) is 18.0. The van der Waals surface area contributed by atoms with E-state index in [0.29, 0.717) is 11.3 Å². The van der Waals surface area contributed by atoms with Crippen molar-refractivity contribution in [2.75, 3.05) is 12.0 Å². The van der Waals surface area contributed by atoms with Crippen LogP contribution in [0, 0.1) is 10.1 Å². The lowest BCUT2D eigenvalue weighted by atomic mass is 10.2. The molecule has 0 saturated carbocycles. The van der Waals surface area contributed by atoms with Gasteiger partial charge in [-0.25, -0.2) is 4.90 Å². The van der Waals surface area contributed by atoms with E-state index in [0.717, 1.165) is 28.8 Å². The van der Waals surface area contributed by atoms with Crippen molar-refractivity contribution < 1.29 is 31.9 Å². The fourth-order valence-corrected chi connectivity index (χ4v) is 5.19. The Morgan fingerprint density at radius 1 is 0.971 bits per heavy atom. The standard InChI is InChI=1S/C23H16N2O8S2/c1-32-19-13-15(14-20-22(26)24(23(27)34-20)16-7-3-2-4-8-16)11-12-18(19)33-35(30,31)21-10-6-5-9-17(21)25(28)29/h2-14H,1H3/b20-14+. The Kier molecular flexibility index (Phi) is 6.58. The van der Waals surface area contributed by atoms with Gasteiger partial charge < -0.3 is 8.92 Å². The first-order chi connectivity index (χ1) is 16.7. The van der Waals surface area contributed by atoms with Crippen molar-refractivity contribution in [2.45, 2.75) is 4.90 Å². The van der Waals surface area contributed by atoms with Crippen molar-refractivity contribution in [3.05, 3.63) is 93.4 Å². The van der Waals surface area contributed by atoms with E-state index in [-0.39, 0.29) is 16.4 Å². The average Bonchev–Trinajstić information content (AvgIpc) is 3.12. The van der Waals surface area contributed by atoms with E-state index in [1.54, 1.807) is 30.3 Å². The fraction of sp³-hybridized carbons (Fsp3) is 0.0435. The van der Waals surface area contributed by atoms with Crippen LogP contribution in [0.15, 0.2) is 82.6 Å². The number of carbonyl (C=O) groups excluding carboxylic acids is 2. The van der Waals surface area contributed by atoms with Gasteiger partial charge in [-0.05, 0) is 53.7 Å². The molecule has 1 saturated heterocycles. The van der Waals surface area contributed by atoms with E-state index in [1.165, 1.54) is 43.5 Å². The Hall–Kier alpha value is -4.16. The summed E-state index contributed by atoms with van der Waals surface area (Å²) < 4.78 is 35.8. The summed E-state index contributed by atoms with van der Waals surface area (Å²) in [5.74, 6) is -0.701. The van der Waals surface area contributed by atoms with Crippen LogP contribution < -0.4 is 13.8 Å². The van der Waals surface area contributed by atoms with Crippen LogP contribution in [0.2, 0.25) is 0 Å². The Balaban J connectivity index is 1.62. The van der Waals surface area contributed by atoms with Gasteiger partial charge in [0.05, 0.1) is 22.6 Å². The predicted octanol–water partition coefficient (Wildman–Crippen LogP) is 4.61. The van der Waals surface area contributed by atoms with Crippen LogP contribution in [-0.2, 0) is 14.9 Å². The summed E-state index contributed by atoms with van der Waals surface area (Å²) in [4.78, 5) is 36.2. The number of nitro groups is 1. The van der Waals surface area contributed by atoms with Crippen LogP contribution in [0.3, 0.4) is 0 Å². The van der Waals surface area contributed by atoms with Gasteiger partial charge in [-0.2, -0.15) is 8.42 Å². The number of ether oxygens (including phenoxy) is 1. The third-order valence-corrected chi connectivity index (χ3v) is 6.98. The molecule has 0 unspecified atom stereocenters. The Morgan fingerprint density at radius 3 is 2.34 bits per heavy atom. The number of methoxy groups -OCH3 is 1. The van der Waals surface area contributed by atoms with Crippen molar-refractivity contribution in [3.8, 4) is 11.5 Å². The zero-order valence-corrected chi connectivity index (χ0v) is 19.6. The minimum atomic E-state index is -4.56. The van der Waals surface area contributed by atoms with Crippen LogP contribution >= 0.6 is 11.8 Å². The van der Waals surface area contributed by atoms with Gasteiger partial charge in [-0.3, -0.25) is 19.7 Å². The molecule has 1 aliphatic rings. The fourth-order valence-electron chi connectivity index (χ4n) is 3.24. The zero-order chi connectivity index (χ0) is 25.2. The van der Waals surface area contributed by atoms with Crippen molar-refractivity contribution in [1.82, 2.24) is 0 Å². The largest absolute Gasteiger partial charge is 0.493 e. The van der Waals surface area contributed by atoms with Crippen LogP contribution in [0.5, 0.6) is 11.5 Å². The third-order valence-electron chi connectivity index (χ3n) is 4.82. The number of anilines is 1. The van der Waals surface area contributed by atoms with E-state index < -0.39 is 36.8 Å². The first kappa shape index (κ1) is 24.0. The molecular weight excluding hydrogens is 496 g/mol. The van der Waals surface area contributed by atoms with E-state index in [1.807, 2.05) is 0 Å². The molecule has 35 heavy (non-hydrogen) atoms. The number of benzene rings is 3. The highest BCUT2D eigenvalue weighted by atomic mass is 32.2. The molecule has 0 spiro atoms. The van der Waals surface area contributed by atoms with Crippen molar-refractivity contribution in [2.24, 2.45) is 0 Å². The summed E-state index contributed by atoms with van der Waals surface area (Å²) in [5, 5.41) is 10.8. The van der Waals surface area contributed by atoms with Crippen molar-refractivity contribution >= 4 is 50.5 Å². The molecule has 3 aromatic carbocycles. The van der Waals surface area contributed by atoms with Crippen LogP contribution in [0.25, 0.3) is 6.08 Å². The quantitative estimate of drug-likeness (QED) is 0.192. The first-order valence-corrected chi connectivity index (χ1v) is 12.1. The lowest BCUT2D eigenvalue weighted by Gasteiger charge is -2.12. The molecule has 178 valence electrons. The average molecular weight is 513 g/mol. The second-order valence-corrected chi connectivity index (χ2v) is 9.53. The maximum atomic E-state index is 12.8. The molecule has 0 atom stereocenters. The summed E-state index contributed by atoms with van der Waals surface area (Å²) in [7, 11) is -3.27. The second kappa shape index (κ2) is 9.60. The summed E-state index contributed by atoms with van der Waals surface area (Å²) in [6.07, 6.45) is 1.47. The molecule has 10 nitrogen and oxygen atoms in total. The second-order valence-electron chi connectivity index (χ2n) is 7.03. The predicted molar refractivity (Wildman–Crippen MR) is 129 cm³/mol. The van der Waals surface area contributed by atoms with Gasteiger partial charge in [-0.15, -0.1) is 0 Å². The minimum absolute atomic E-state index is 0.00296. The Bertz CT molecular complexity index is 1470. The number of nitro benzene ring substituents is 1. The SMILES string of the molecule is COc1cc(/C=C2/SC(=O)N(c3ccccc3)C2=O)ccc1OS(=O)(=O)c1ccccc1[N+](=O)[O-]. The van der Waals surface area contributed by atoms with E-state index in [9.17, 15) is 28.1 Å². The van der Waals surface area contributed by atoms with E-state index in [4.69, 9.17) is 8.92 Å². The number of carbonyl (C=O) groups is 2. The van der Waals surface area contributed by atoms with Gasteiger partial charge in [0.1, 0.15) is 0 Å². The molecule has 0 bridgehead atoms. The molecule has 1 aliphatic heterocycles. The maximum Gasteiger partial charge on any atom is 0.346 e. The number of amides is 2. The van der Waals surface area contributed by atoms with Gasteiger partial charge in [0.2, 0.25) is 0 Å². The number of rotatable bonds is 7. The summed E-state index contributed by atoms with van der Waals surface area (Å²) in [6.45, 7) is 0. The maximum absolute atomic E-state index is 12.8. The summed E-state index contributed by atoms with van der Waals surface area (Å²) in [5.41, 5.74) is 0.257. The molecule has 1 fully saturated rings. The molecule has 12 heteroatoms. The van der Waals surface area contributed by atoms with Crippen LogP contribution in [0.4, 0.5) is 16.2 Å². The van der Waals surface area contributed by atoms with E-state index >= 15 is 0 Å². The lowest BCUT2D eigenvalue weighted by Crippen LogP contribution is -2.27. The Labute approximate surface area is 204 Å². The van der Waals surface area contributed by atoms with Gasteiger partial charge in [0.25, 0.3) is 16.8 Å². The number of nitrogens with zero attached hydrogens (tertiary/aromatic N) is 2. The molecular formula is C23H16N2O8S2. The molecule has 0 aliphatic carbocycles. The topological polar surface area (TPSA) is 133 Å². The molecule has 0 radical (unpaired) electrons. The van der Waals surface area contributed by atoms with Crippen molar-refractivity contribution in [3.63, 3.8) is 0 Å². The van der Waals surface area contributed by atoms with Gasteiger partial charge in [0, 0.05) is 6.07 Å². The van der Waals surface area contributed by atoms with Gasteiger partial charge in [-0.1, -0.05) is 36.4 Å². The molecule has 3 aromatic rings. The first-order valence-electron chi connectivity index (χ1n) is 9.90. The van der Waals surface area contributed by atoms with Crippen molar-refractivity contribution in [1.29, 1.82) is 0 Å². The minimum Gasteiger partial charge on any atom is -0.493 e. The Morgan fingerprint density at radius 2 is 1.66 bits per heavy atom. The highest BCUT2D eigenvalue weighted by molar-refractivity contribution is 8.19. The smallest absolute Gasteiger partial charge is 0.346 e. The summed E-state index contributed by atoms with van der Waals surface area (Å²) in [6, 6.07) is 17.5. The number of hydrogen-bond acceptors (Lipinski definition) is 9. The molecule has 4 rings (SSSR count). The molecule has 2 amide bonds. The molecule has 0 N–H and O–H groups in total. The number of imide groups is 1. The third kappa shape index (κ3) is 4.88. The summed E-state index contributed by atoms with van der Waals surface area (Å²) >= 11 is 0.767. The number of thioether (sulfide) groups is 1. The van der Waals surface area contributed by atoms with Crippen LogP contribution in [-0.4, -0.2) is 31.6 Å². The van der Waals surface area contributed by atoms with E-state index in [2.05, 4.69) is 0 Å². The highest BCUT2D eigenvalue weighted by Gasteiger charge is 2.36. The molecule has 0 aromatic heterocycles. The van der Waals surface area contributed by atoms with Gasteiger partial charge in [0.15, 0.2) is 16.4 Å². The number of hydrogen-bond donors (Lipinski definition) is 0. The highest BCUT2D eigenvalue weighted by Crippen LogP contribution is 2.37. The van der Waals surface area contributed by atoms with Crippen LogP contribution in [0.1, 0.15) is 5.56 Å². The normalized spacial score (nSPS) is 14.9.